The molecule has 1 aromatic carbocycles. The molecule has 0 amide bonds. The van der Waals surface area contributed by atoms with Gasteiger partial charge in [0.25, 0.3) is 0 Å². The third kappa shape index (κ3) is 4.72. The van der Waals surface area contributed by atoms with Crippen LogP contribution in [0.1, 0.15) is 25.3 Å². The minimum absolute atomic E-state index is 0. The molecule has 1 aromatic heterocycles. The molecule has 1 atom stereocenters. The molecule has 5 nitrogen and oxygen atoms in total. The fourth-order valence-corrected chi connectivity index (χ4v) is 3.07. The fourth-order valence-electron chi connectivity index (χ4n) is 3.07. The summed E-state index contributed by atoms with van der Waals surface area (Å²) < 4.78 is 1.91. The number of nitrogens with one attached hydrogen (secondary N) is 1. The number of hydrogen-bond acceptors (Lipinski definition) is 2. The van der Waals surface area contributed by atoms with E-state index >= 15 is 0 Å². The minimum Gasteiger partial charge on any atom is -0.352 e. The molecule has 0 radical (unpaired) electrons. The Kier molecular flexibility index (Phi) is 7.08. The summed E-state index contributed by atoms with van der Waals surface area (Å²) in [6.45, 7) is 5.23. The van der Waals surface area contributed by atoms with Gasteiger partial charge in [-0.2, -0.15) is 5.10 Å². The fraction of sp³-hybridized carbons (Fsp3) is 0.444. The maximum absolute atomic E-state index is 4.44. The lowest BCUT2D eigenvalue weighted by Crippen LogP contribution is -2.45. The zero-order valence-corrected chi connectivity index (χ0v) is 16.7. The molecular weight excluding hydrogens is 413 g/mol. The van der Waals surface area contributed by atoms with Crippen molar-refractivity contribution in [1.82, 2.24) is 20.0 Å². The molecule has 1 saturated heterocycles. The van der Waals surface area contributed by atoms with Crippen molar-refractivity contribution in [3.63, 3.8) is 0 Å². The molecule has 3 rings (SSSR count). The Morgan fingerprint density at radius 3 is 2.83 bits per heavy atom. The molecule has 2 heterocycles. The number of aliphatic imine (C=N–C) groups is 1. The summed E-state index contributed by atoms with van der Waals surface area (Å²) >= 11 is 0. The number of nitrogens with zero attached hydrogens (tertiary/aromatic N) is 4. The molecular formula is C18H26IN5. The van der Waals surface area contributed by atoms with Crippen molar-refractivity contribution < 1.29 is 0 Å². The third-order valence-electron chi connectivity index (χ3n) is 4.28. The van der Waals surface area contributed by atoms with Crippen LogP contribution in [0.5, 0.6) is 0 Å². The Balaban J connectivity index is 0.00000208. The van der Waals surface area contributed by atoms with Gasteiger partial charge in [-0.1, -0.05) is 25.1 Å². The number of likely N-dealkylation sites (tertiary alicyclic amines) is 1. The molecule has 24 heavy (non-hydrogen) atoms. The predicted octanol–water partition coefficient (Wildman–Crippen LogP) is 3.30. The monoisotopic (exact) mass is 439 g/mol. The van der Waals surface area contributed by atoms with Crippen LogP contribution in [0.4, 0.5) is 0 Å². The Labute approximate surface area is 161 Å². The second-order valence-corrected chi connectivity index (χ2v) is 6.22. The van der Waals surface area contributed by atoms with Crippen molar-refractivity contribution in [3.05, 3.63) is 48.3 Å². The van der Waals surface area contributed by atoms with E-state index in [-0.39, 0.29) is 24.0 Å². The second kappa shape index (κ2) is 9.05. The van der Waals surface area contributed by atoms with Crippen LogP contribution in [0.2, 0.25) is 0 Å². The molecule has 1 aliphatic rings. The summed E-state index contributed by atoms with van der Waals surface area (Å²) in [6.07, 6.45) is 6.53. The summed E-state index contributed by atoms with van der Waals surface area (Å²) in [5, 5.41) is 7.90. The van der Waals surface area contributed by atoms with E-state index in [2.05, 4.69) is 45.6 Å². The average Bonchev–Trinajstić information content (AvgIpc) is 3.05. The zero-order valence-electron chi connectivity index (χ0n) is 14.4. The van der Waals surface area contributed by atoms with Crippen LogP contribution in [0.3, 0.4) is 0 Å². The van der Waals surface area contributed by atoms with E-state index in [1.54, 1.807) is 0 Å². The van der Waals surface area contributed by atoms with Gasteiger partial charge in [0, 0.05) is 38.4 Å². The molecule has 1 fully saturated rings. The normalized spacial score (nSPS) is 18.2. The number of para-hydroxylation sites is 1. The highest BCUT2D eigenvalue weighted by atomic mass is 127. The Hall–Kier alpha value is -1.57. The number of halogens is 1. The minimum atomic E-state index is 0. The first-order chi connectivity index (χ1) is 11.3. The Bertz CT molecular complexity index is 652. The van der Waals surface area contributed by atoms with Crippen LogP contribution < -0.4 is 5.32 Å². The smallest absolute Gasteiger partial charge is 0.193 e. The molecule has 1 unspecified atom stereocenters. The number of guanidine groups is 1. The van der Waals surface area contributed by atoms with Crippen LogP contribution in [0.15, 0.2) is 47.7 Å². The van der Waals surface area contributed by atoms with E-state index in [4.69, 9.17) is 0 Å². The van der Waals surface area contributed by atoms with Crippen molar-refractivity contribution in [3.8, 4) is 5.69 Å². The summed E-state index contributed by atoms with van der Waals surface area (Å²) in [7, 11) is 1.86. The van der Waals surface area contributed by atoms with Crippen molar-refractivity contribution in [2.45, 2.75) is 26.3 Å². The maximum atomic E-state index is 4.44. The van der Waals surface area contributed by atoms with E-state index < -0.39 is 0 Å². The predicted molar refractivity (Wildman–Crippen MR) is 109 cm³/mol. The average molecular weight is 439 g/mol. The van der Waals surface area contributed by atoms with Gasteiger partial charge in [0.1, 0.15) is 0 Å². The van der Waals surface area contributed by atoms with Crippen molar-refractivity contribution in [2.24, 2.45) is 10.9 Å². The number of piperidine rings is 1. The number of rotatable bonds is 3. The third-order valence-corrected chi connectivity index (χ3v) is 4.28. The first-order valence-corrected chi connectivity index (χ1v) is 8.31. The van der Waals surface area contributed by atoms with Crippen molar-refractivity contribution >= 4 is 29.9 Å². The highest BCUT2D eigenvalue weighted by molar-refractivity contribution is 14.0. The summed E-state index contributed by atoms with van der Waals surface area (Å²) in [4.78, 5) is 6.79. The number of benzene rings is 1. The lowest BCUT2D eigenvalue weighted by atomic mass is 10.0. The largest absolute Gasteiger partial charge is 0.352 e. The summed E-state index contributed by atoms with van der Waals surface area (Å²) in [5.41, 5.74) is 2.23. The van der Waals surface area contributed by atoms with Gasteiger partial charge in [-0.05, 0) is 30.9 Å². The molecule has 6 heteroatoms. The van der Waals surface area contributed by atoms with Crippen LogP contribution in [-0.2, 0) is 6.54 Å². The van der Waals surface area contributed by atoms with E-state index in [1.165, 1.54) is 12.8 Å². The molecule has 130 valence electrons. The molecule has 1 N–H and O–H groups in total. The van der Waals surface area contributed by atoms with Crippen molar-refractivity contribution in [1.29, 1.82) is 0 Å². The van der Waals surface area contributed by atoms with Crippen LogP contribution >= 0.6 is 24.0 Å². The molecule has 0 saturated carbocycles. The van der Waals surface area contributed by atoms with Crippen LogP contribution in [0, 0.1) is 5.92 Å². The summed E-state index contributed by atoms with van der Waals surface area (Å²) in [6, 6.07) is 10.2. The Morgan fingerprint density at radius 1 is 1.33 bits per heavy atom. The number of hydrogen-bond donors (Lipinski definition) is 1. The van der Waals surface area contributed by atoms with Gasteiger partial charge in [0.15, 0.2) is 5.96 Å². The zero-order chi connectivity index (χ0) is 16.1. The molecule has 2 aromatic rings. The Morgan fingerprint density at radius 2 is 2.12 bits per heavy atom. The molecule has 0 aliphatic carbocycles. The van der Waals surface area contributed by atoms with Gasteiger partial charge < -0.3 is 10.2 Å². The van der Waals surface area contributed by atoms with E-state index in [0.29, 0.717) is 0 Å². The van der Waals surface area contributed by atoms with E-state index in [9.17, 15) is 0 Å². The van der Waals surface area contributed by atoms with Gasteiger partial charge in [0.2, 0.25) is 0 Å². The standard InChI is InChI=1S/C18H25N5.HI/c1-15-7-6-10-22(13-15)18(19-2)20-11-16-12-21-23(14-16)17-8-4-3-5-9-17;/h3-5,8-9,12,14-15H,6-7,10-11,13H2,1-2H3,(H,19,20);1H. The van der Waals surface area contributed by atoms with Gasteiger partial charge in [-0.3, -0.25) is 4.99 Å². The molecule has 1 aliphatic heterocycles. The number of aromatic nitrogens is 2. The first kappa shape index (κ1) is 18.8. The van der Waals surface area contributed by atoms with E-state index in [0.717, 1.165) is 42.8 Å². The van der Waals surface area contributed by atoms with E-state index in [1.807, 2.05) is 36.1 Å². The molecule has 0 bridgehead atoms. The first-order valence-electron chi connectivity index (χ1n) is 8.31. The lowest BCUT2D eigenvalue weighted by molar-refractivity contribution is 0.266. The SMILES string of the molecule is CN=C(NCc1cnn(-c2ccccc2)c1)N1CCCC(C)C1.I. The van der Waals surface area contributed by atoms with Gasteiger partial charge in [-0.15, -0.1) is 24.0 Å². The van der Waals surface area contributed by atoms with Crippen molar-refractivity contribution in [2.75, 3.05) is 20.1 Å². The summed E-state index contributed by atoms with van der Waals surface area (Å²) in [5.74, 6) is 1.73. The topological polar surface area (TPSA) is 45.5 Å². The van der Waals surface area contributed by atoms with Gasteiger partial charge in [-0.25, -0.2) is 4.68 Å². The van der Waals surface area contributed by atoms with Crippen LogP contribution in [-0.4, -0.2) is 40.8 Å². The quantitative estimate of drug-likeness (QED) is 0.454. The highest BCUT2D eigenvalue weighted by Crippen LogP contribution is 2.15. The maximum Gasteiger partial charge on any atom is 0.193 e. The highest BCUT2D eigenvalue weighted by Gasteiger charge is 2.19. The lowest BCUT2D eigenvalue weighted by Gasteiger charge is -2.33. The van der Waals surface area contributed by atoms with Gasteiger partial charge in [0.05, 0.1) is 11.9 Å². The van der Waals surface area contributed by atoms with Gasteiger partial charge >= 0.3 is 0 Å². The second-order valence-electron chi connectivity index (χ2n) is 6.22. The molecule has 0 spiro atoms. The van der Waals surface area contributed by atoms with Crippen LogP contribution in [0.25, 0.3) is 5.69 Å².